The molecule has 6 N–H and O–H groups in total. The number of halogens is 1. The number of nitrogens with one attached hydrogen (secondary N) is 3. The van der Waals surface area contributed by atoms with Crippen LogP contribution in [-0.2, 0) is 32.0 Å². The van der Waals surface area contributed by atoms with Crippen molar-refractivity contribution in [3.05, 3.63) is 71.8 Å². The van der Waals surface area contributed by atoms with Crippen LogP contribution in [0.25, 0.3) is 0 Å². The molecule has 3 rings (SSSR count). The van der Waals surface area contributed by atoms with Gasteiger partial charge in [-0.25, -0.2) is 4.79 Å². The lowest BCUT2D eigenvalue weighted by atomic mass is 9.88. The minimum Gasteiger partial charge on any atom is -0.436 e. The largest absolute Gasteiger partial charge is 0.436 e. The van der Waals surface area contributed by atoms with Gasteiger partial charge in [0.15, 0.2) is 6.10 Å². The maximum absolute atomic E-state index is 13.9. The molecule has 0 spiro atoms. The zero-order valence-electron chi connectivity index (χ0n) is 27.2. The third-order valence-electron chi connectivity index (χ3n) is 8.42. The number of amides is 4. The Bertz CT molecular complexity index is 1240. The van der Waals surface area contributed by atoms with Crippen molar-refractivity contribution in [2.24, 2.45) is 17.6 Å². The van der Waals surface area contributed by atoms with E-state index in [1.165, 1.54) is 6.92 Å². The zero-order valence-corrected chi connectivity index (χ0v) is 28.0. The SMILES string of the molecule is CNC1CCN(C(=O)[C@@H](NC(=O)C(Cc2ccccc2)C[C@@H](O)[C@H](Cc2ccccc2)NC(=O)O[C@@H](C)C(N)=O)C(C)C)CC1.Cl. The van der Waals surface area contributed by atoms with Gasteiger partial charge in [-0.2, -0.15) is 0 Å². The highest BCUT2D eigenvalue weighted by Crippen LogP contribution is 2.21. The van der Waals surface area contributed by atoms with Crippen LogP contribution in [0.15, 0.2) is 60.7 Å². The van der Waals surface area contributed by atoms with Gasteiger partial charge in [-0.3, -0.25) is 14.4 Å². The number of ether oxygens (including phenoxy) is 1. The van der Waals surface area contributed by atoms with Crippen molar-refractivity contribution in [1.29, 1.82) is 0 Å². The second kappa shape index (κ2) is 19.1. The normalized spacial score (nSPS) is 16.7. The van der Waals surface area contributed by atoms with E-state index in [0.717, 1.165) is 24.0 Å². The average molecular weight is 660 g/mol. The molecule has 1 heterocycles. The Morgan fingerprint density at radius 2 is 1.46 bits per heavy atom. The summed E-state index contributed by atoms with van der Waals surface area (Å²) in [6.45, 7) is 6.41. The van der Waals surface area contributed by atoms with Crippen LogP contribution >= 0.6 is 12.4 Å². The Morgan fingerprint density at radius 1 is 0.913 bits per heavy atom. The lowest BCUT2D eigenvalue weighted by molar-refractivity contribution is -0.139. The number of carbonyl (C=O) groups is 4. The number of likely N-dealkylation sites (tertiary alicyclic amines) is 1. The summed E-state index contributed by atoms with van der Waals surface area (Å²) in [6.07, 6.45) is -0.982. The third-order valence-corrected chi connectivity index (χ3v) is 8.42. The molecule has 11 nitrogen and oxygen atoms in total. The van der Waals surface area contributed by atoms with Gasteiger partial charge in [0.2, 0.25) is 11.8 Å². The highest BCUT2D eigenvalue weighted by molar-refractivity contribution is 5.89. The molecule has 0 aliphatic carbocycles. The van der Waals surface area contributed by atoms with Crippen LogP contribution in [0.1, 0.15) is 51.2 Å². The summed E-state index contributed by atoms with van der Waals surface area (Å²) >= 11 is 0. The topological polar surface area (TPSA) is 163 Å². The fraction of sp³-hybridized carbons (Fsp3) is 0.529. The van der Waals surface area contributed by atoms with Crippen molar-refractivity contribution < 1.29 is 29.0 Å². The molecule has 2 aromatic carbocycles. The maximum Gasteiger partial charge on any atom is 0.408 e. The summed E-state index contributed by atoms with van der Waals surface area (Å²) in [6, 6.07) is 17.6. The molecular weight excluding hydrogens is 610 g/mol. The Labute approximate surface area is 278 Å². The Hall–Kier alpha value is -3.67. The zero-order chi connectivity index (χ0) is 32.9. The van der Waals surface area contributed by atoms with Crippen LogP contribution in [0.5, 0.6) is 0 Å². The number of aliphatic hydroxyl groups excluding tert-OH is 1. The first kappa shape index (κ1) is 38.5. The summed E-state index contributed by atoms with van der Waals surface area (Å²) in [5.41, 5.74) is 6.99. The van der Waals surface area contributed by atoms with E-state index in [0.29, 0.717) is 25.6 Å². The summed E-state index contributed by atoms with van der Waals surface area (Å²) in [5, 5.41) is 20.5. The fourth-order valence-corrected chi connectivity index (χ4v) is 5.56. The highest BCUT2D eigenvalue weighted by atomic mass is 35.5. The van der Waals surface area contributed by atoms with E-state index in [2.05, 4.69) is 16.0 Å². The van der Waals surface area contributed by atoms with Gasteiger partial charge in [0, 0.05) is 25.0 Å². The number of nitrogens with zero attached hydrogens (tertiary/aromatic N) is 1. The Morgan fingerprint density at radius 3 is 1.96 bits per heavy atom. The van der Waals surface area contributed by atoms with E-state index < -0.39 is 42.2 Å². The lowest BCUT2D eigenvalue weighted by Gasteiger charge is -2.36. The van der Waals surface area contributed by atoms with E-state index in [4.69, 9.17) is 10.5 Å². The first-order chi connectivity index (χ1) is 21.5. The molecule has 1 fully saturated rings. The molecule has 0 saturated carbocycles. The predicted octanol–water partition coefficient (Wildman–Crippen LogP) is 2.58. The third kappa shape index (κ3) is 11.9. The van der Waals surface area contributed by atoms with Gasteiger partial charge < -0.3 is 36.4 Å². The van der Waals surface area contributed by atoms with Crippen molar-refractivity contribution in [2.75, 3.05) is 20.1 Å². The number of rotatable bonds is 15. The molecule has 46 heavy (non-hydrogen) atoms. The monoisotopic (exact) mass is 659 g/mol. The number of carbonyl (C=O) groups excluding carboxylic acids is 4. The quantitative estimate of drug-likeness (QED) is 0.196. The van der Waals surface area contributed by atoms with Crippen LogP contribution in [0, 0.1) is 11.8 Å². The molecule has 254 valence electrons. The first-order valence-electron chi connectivity index (χ1n) is 15.8. The minimum absolute atomic E-state index is 0. The Kier molecular flexibility index (Phi) is 16.0. The van der Waals surface area contributed by atoms with E-state index >= 15 is 0 Å². The molecule has 1 aliphatic rings. The molecule has 1 unspecified atom stereocenters. The number of aliphatic hydroxyl groups is 1. The van der Waals surface area contributed by atoms with Crippen LogP contribution < -0.4 is 21.7 Å². The number of hydrogen-bond donors (Lipinski definition) is 5. The minimum atomic E-state index is -1.17. The number of nitrogens with two attached hydrogens (primary N) is 1. The number of benzene rings is 2. The van der Waals surface area contributed by atoms with Crippen molar-refractivity contribution in [3.8, 4) is 0 Å². The number of primary amides is 1. The fourth-order valence-electron chi connectivity index (χ4n) is 5.56. The van der Waals surface area contributed by atoms with Crippen molar-refractivity contribution in [1.82, 2.24) is 20.9 Å². The molecule has 5 atom stereocenters. The van der Waals surface area contributed by atoms with Crippen molar-refractivity contribution in [2.45, 2.75) is 83.2 Å². The number of piperidine rings is 1. The average Bonchev–Trinajstić information content (AvgIpc) is 3.03. The maximum atomic E-state index is 13.9. The molecule has 0 aromatic heterocycles. The van der Waals surface area contributed by atoms with Crippen LogP contribution in [0.2, 0.25) is 0 Å². The predicted molar refractivity (Wildman–Crippen MR) is 179 cm³/mol. The first-order valence-corrected chi connectivity index (χ1v) is 15.8. The van der Waals surface area contributed by atoms with Gasteiger partial charge in [0.1, 0.15) is 6.04 Å². The molecule has 1 aliphatic heterocycles. The summed E-state index contributed by atoms with van der Waals surface area (Å²) < 4.78 is 5.09. The van der Waals surface area contributed by atoms with Gasteiger partial charge in [0.25, 0.3) is 5.91 Å². The van der Waals surface area contributed by atoms with E-state index in [-0.39, 0.29) is 43.0 Å². The number of alkyl carbamates (subject to hydrolysis) is 1. The Balaban J connectivity index is 0.00000736. The number of hydrogen-bond acceptors (Lipinski definition) is 7. The second-order valence-electron chi connectivity index (χ2n) is 12.2. The van der Waals surface area contributed by atoms with E-state index in [9.17, 15) is 24.3 Å². The van der Waals surface area contributed by atoms with E-state index in [1.54, 1.807) is 0 Å². The highest BCUT2D eigenvalue weighted by Gasteiger charge is 2.35. The van der Waals surface area contributed by atoms with Gasteiger partial charge >= 0.3 is 6.09 Å². The van der Waals surface area contributed by atoms with Crippen LogP contribution in [0.3, 0.4) is 0 Å². The van der Waals surface area contributed by atoms with Gasteiger partial charge in [-0.15, -0.1) is 12.4 Å². The molecule has 2 aromatic rings. The summed E-state index contributed by atoms with van der Waals surface area (Å²) in [5.74, 6) is -2.13. The van der Waals surface area contributed by atoms with Gasteiger partial charge in [-0.05, 0) is 63.1 Å². The van der Waals surface area contributed by atoms with Crippen LogP contribution in [0.4, 0.5) is 4.79 Å². The van der Waals surface area contributed by atoms with Crippen molar-refractivity contribution >= 4 is 36.2 Å². The van der Waals surface area contributed by atoms with E-state index in [1.807, 2.05) is 86.5 Å². The smallest absolute Gasteiger partial charge is 0.408 e. The molecule has 0 radical (unpaired) electrons. The van der Waals surface area contributed by atoms with Crippen molar-refractivity contribution in [3.63, 3.8) is 0 Å². The summed E-state index contributed by atoms with van der Waals surface area (Å²) in [4.78, 5) is 53.5. The standard InChI is InChI=1S/C34H49N5O6.ClH/c1-22(2)30(33(43)39-17-15-27(36-4)16-18-39)38-32(42)26(19-24-11-7-5-8-12-24)21-29(40)28(20-25-13-9-6-10-14-25)37-34(44)45-23(3)31(35)41;/h5-14,22-23,26-30,36,40H,15-21H2,1-4H3,(H2,35,41)(H,37,44)(H,38,42);1H/t23-,26?,28-,29+,30-;/m0./s1. The summed E-state index contributed by atoms with van der Waals surface area (Å²) in [7, 11) is 1.92. The van der Waals surface area contributed by atoms with Crippen LogP contribution in [-0.4, -0.2) is 84.3 Å². The molecule has 12 heteroatoms. The molecule has 4 amide bonds. The van der Waals surface area contributed by atoms with Gasteiger partial charge in [-0.1, -0.05) is 74.5 Å². The molecule has 0 bridgehead atoms. The second-order valence-corrected chi connectivity index (χ2v) is 12.2. The lowest BCUT2D eigenvalue weighted by Crippen LogP contribution is -2.55. The van der Waals surface area contributed by atoms with Gasteiger partial charge in [0.05, 0.1) is 12.1 Å². The molecule has 1 saturated heterocycles. The molecular formula is C34H50ClN5O6.